The van der Waals surface area contributed by atoms with Crippen molar-refractivity contribution in [3.05, 3.63) is 119 Å². The predicted octanol–water partition coefficient (Wildman–Crippen LogP) is 5.35. The molecular weight excluding hydrogens is 650 g/mol. The topological polar surface area (TPSA) is 120 Å². The number of aromatic nitrogens is 1. The molecule has 2 heterocycles. The molecule has 1 aromatic heterocycles. The summed E-state index contributed by atoms with van der Waals surface area (Å²) in [6, 6.07) is 13.4. The summed E-state index contributed by atoms with van der Waals surface area (Å²) in [5.41, 5.74) is 1.08. The van der Waals surface area contributed by atoms with Gasteiger partial charge in [0.1, 0.15) is 23.3 Å². The maximum Gasteiger partial charge on any atom is 0.243 e. The lowest BCUT2D eigenvalue weighted by molar-refractivity contribution is -0.116. The standard InChI is InChI=1S/C34H33F4N5O4S/c1-21(44)41-27-3-2-4-29(16-27)48(46,47)43-12-11-39-18-28(43)9-10-30-32(38)19-40-20-33(30)42-34(45)17-31(22-5-7-24(35)8-6-22)23-13-25(36)15-26(37)14-23/h2-8,13-16,19-20,28,31,39H,9-12,17-18H2,1H3,(H,41,44)(H,42,45)/t28-,31-/m0/s1. The maximum absolute atomic E-state index is 15.2. The Kier molecular flexibility index (Phi) is 10.9. The van der Waals surface area contributed by atoms with Crippen LogP contribution in [0.25, 0.3) is 0 Å². The molecule has 1 aliphatic rings. The first-order valence-electron chi connectivity index (χ1n) is 15.1. The predicted molar refractivity (Wildman–Crippen MR) is 172 cm³/mol. The van der Waals surface area contributed by atoms with Crippen LogP contribution >= 0.6 is 0 Å². The molecule has 0 aliphatic carbocycles. The van der Waals surface area contributed by atoms with Crippen LogP contribution < -0.4 is 16.0 Å². The number of piperazine rings is 1. The van der Waals surface area contributed by atoms with Gasteiger partial charge in [-0.25, -0.2) is 26.0 Å². The molecule has 1 saturated heterocycles. The van der Waals surface area contributed by atoms with Crippen molar-refractivity contribution in [3.63, 3.8) is 0 Å². The van der Waals surface area contributed by atoms with E-state index < -0.39 is 51.2 Å². The number of rotatable bonds is 11. The third kappa shape index (κ3) is 8.43. The number of pyridine rings is 1. The number of nitrogens with one attached hydrogen (secondary N) is 3. The van der Waals surface area contributed by atoms with E-state index in [1.54, 1.807) is 6.07 Å². The lowest BCUT2D eigenvalue weighted by Gasteiger charge is -2.35. The summed E-state index contributed by atoms with van der Waals surface area (Å²) < 4.78 is 85.9. The van der Waals surface area contributed by atoms with Crippen molar-refractivity contribution in [2.45, 2.75) is 43.0 Å². The van der Waals surface area contributed by atoms with Crippen LogP contribution in [0.15, 0.2) is 84.0 Å². The fraction of sp³-hybridized carbons (Fsp3) is 0.265. The SMILES string of the molecule is CC(=O)Nc1cccc(S(=O)(=O)N2CCNC[C@@H]2CCc2c(F)cncc2NC(=O)C[C@@H](c2ccc(F)cc2)c2cc(F)cc(F)c2)c1. The Morgan fingerprint density at radius 3 is 2.38 bits per heavy atom. The second-order valence-corrected chi connectivity index (χ2v) is 13.3. The molecule has 4 aromatic rings. The van der Waals surface area contributed by atoms with Crippen molar-refractivity contribution >= 4 is 33.2 Å². The Hall–Kier alpha value is -4.66. The quantitative estimate of drug-likeness (QED) is 0.184. The molecule has 1 aliphatic heterocycles. The summed E-state index contributed by atoms with van der Waals surface area (Å²) in [4.78, 5) is 28.7. The molecule has 0 unspecified atom stereocenters. The van der Waals surface area contributed by atoms with Crippen LogP contribution in [0.4, 0.5) is 28.9 Å². The van der Waals surface area contributed by atoms with Crippen molar-refractivity contribution in [2.75, 3.05) is 30.3 Å². The smallest absolute Gasteiger partial charge is 0.243 e. The minimum absolute atomic E-state index is 0.00224. The Balaban J connectivity index is 1.34. The van der Waals surface area contributed by atoms with Crippen molar-refractivity contribution < 1.29 is 35.6 Å². The number of carbonyl (C=O) groups is 2. The highest BCUT2D eigenvalue weighted by Gasteiger charge is 2.34. The Morgan fingerprint density at radius 2 is 1.67 bits per heavy atom. The normalized spacial score (nSPS) is 15.9. The van der Waals surface area contributed by atoms with Crippen LogP contribution in [0.3, 0.4) is 0 Å². The van der Waals surface area contributed by atoms with E-state index in [-0.39, 0.29) is 53.4 Å². The summed E-state index contributed by atoms with van der Waals surface area (Å²) in [6.07, 6.45) is 2.16. The van der Waals surface area contributed by atoms with E-state index in [0.717, 1.165) is 18.3 Å². The fourth-order valence-corrected chi connectivity index (χ4v) is 7.50. The summed E-state index contributed by atoms with van der Waals surface area (Å²) >= 11 is 0. The fourth-order valence-electron chi connectivity index (χ4n) is 5.80. The molecule has 252 valence electrons. The van der Waals surface area contributed by atoms with Gasteiger partial charge in [0.05, 0.1) is 23.0 Å². The number of carbonyl (C=O) groups excluding carboxylic acids is 2. The Labute approximate surface area is 275 Å². The molecule has 9 nitrogen and oxygen atoms in total. The van der Waals surface area contributed by atoms with E-state index >= 15 is 4.39 Å². The van der Waals surface area contributed by atoms with Gasteiger partial charge < -0.3 is 16.0 Å². The Bertz CT molecular complexity index is 1890. The van der Waals surface area contributed by atoms with Gasteiger partial charge in [0, 0.05) is 62.3 Å². The minimum atomic E-state index is -4.00. The average Bonchev–Trinajstić information content (AvgIpc) is 3.03. The Morgan fingerprint density at radius 1 is 0.938 bits per heavy atom. The van der Waals surface area contributed by atoms with E-state index in [1.165, 1.54) is 59.9 Å². The van der Waals surface area contributed by atoms with Crippen LogP contribution in [-0.4, -0.2) is 55.2 Å². The van der Waals surface area contributed by atoms with Crippen LogP contribution in [-0.2, 0) is 26.0 Å². The summed E-state index contributed by atoms with van der Waals surface area (Å²) in [6.45, 7) is 2.17. The zero-order valence-corrected chi connectivity index (χ0v) is 26.7. The number of benzene rings is 3. The maximum atomic E-state index is 15.2. The highest BCUT2D eigenvalue weighted by Crippen LogP contribution is 2.31. The molecule has 1 fully saturated rings. The zero-order valence-electron chi connectivity index (χ0n) is 25.9. The van der Waals surface area contributed by atoms with Gasteiger partial charge in [-0.3, -0.25) is 14.6 Å². The summed E-state index contributed by atoms with van der Waals surface area (Å²) in [5.74, 6) is -4.76. The third-order valence-corrected chi connectivity index (χ3v) is 9.96. The van der Waals surface area contributed by atoms with E-state index in [1.807, 2.05) is 0 Å². The van der Waals surface area contributed by atoms with Crippen LogP contribution in [0.5, 0.6) is 0 Å². The number of amides is 2. The molecule has 0 saturated carbocycles. The molecule has 3 aromatic carbocycles. The first-order valence-corrected chi connectivity index (χ1v) is 16.6. The van der Waals surface area contributed by atoms with Crippen molar-refractivity contribution in [1.82, 2.24) is 14.6 Å². The van der Waals surface area contributed by atoms with Crippen LogP contribution in [0.1, 0.15) is 42.4 Å². The van der Waals surface area contributed by atoms with E-state index in [4.69, 9.17) is 0 Å². The molecule has 3 N–H and O–H groups in total. The first-order chi connectivity index (χ1) is 22.9. The van der Waals surface area contributed by atoms with E-state index in [2.05, 4.69) is 20.9 Å². The molecular formula is C34H33F4N5O4S. The van der Waals surface area contributed by atoms with E-state index in [9.17, 15) is 31.2 Å². The van der Waals surface area contributed by atoms with Gasteiger partial charge >= 0.3 is 0 Å². The molecule has 2 atom stereocenters. The number of sulfonamides is 1. The van der Waals surface area contributed by atoms with Gasteiger partial charge in [-0.2, -0.15) is 4.31 Å². The van der Waals surface area contributed by atoms with Gasteiger partial charge in [0.25, 0.3) is 0 Å². The number of nitrogens with zero attached hydrogens (tertiary/aromatic N) is 2. The van der Waals surface area contributed by atoms with Gasteiger partial charge in [-0.1, -0.05) is 18.2 Å². The van der Waals surface area contributed by atoms with Gasteiger partial charge in [0.2, 0.25) is 21.8 Å². The lowest BCUT2D eigenvalue weighted by Crippen LogP contribution is -2.53. The molecule has 5 rings (SSSR count). The molecule has 48 heavy (non-hydrogen) atoms. The molecule has 14 heteroatoms. The lowest BCUT2D eigenvalue weighted by atomic mass is 9.88. The van der Waals surface area contributed by atoms with Gasteiger partial charge in [0.15, 0.2) is 0 Å². The molecule has 2 amide bonds. The summed E-state index contributed by atoms with van der Waals surface area (Å²) in [5, 5.41) is 8.40. The van der Waals surface area contributed by atoms with Gasteiger partial charge in [-0.05, 0) is 66.4 Å². The molecule has 0 bridgehead atoms. The van der Waals surface area contributed by atoms with Crippen molar-refractivity contribution in [1.29, 1.82) is 0 Å². The average molecular weight is 684 g/mol. The number of hydrogen-bond donors (Lipinski definition) is 3. The highest BCUT2D eigenvalue weighted by molar-refractivity contribution is 7.89. The zero-order chi connectivity index (χ0) is 34.4. The second kappa shape index (κ2) is 15.0. The first kappa shape index (κ1) is 34.7. The minimum Gasteiger partial charge on any atom is -0.326 e. The second-order valence-electron chi connectivity index (χ2n) is 11.4. The molecule has 0 spiro atoms. The number of halogens is 4. The highest BCUT2D eigenvalue weighted by atomic mass is 32.2. The van der Waals surface area contributed by atoms with Crippen LogP contribution in [0.2, 0.25) is 0 Å². The monoisotopic (exact) mass is 683 g/mol. The largest absolute Gasteiger partial charge is 0.326 e. The van der Waals surface area contributed by atoms with Crippen molar-refractivity contribution in [3.8, 4) is 0 Å². The number of hydrogen-bond acceptors (Lipinski definition) is 6. The van der Waals surface area contributed by atoms with E-state index in [0.29, 0.717) is 30.4 Å². The van der Waals surface area contributed by atoms with Gasteiger partial charge in [-0.15, -0.1) is 0 Å². The third-order valence-electron chi connectivity index (χ3n) is 8.01. The molecule has 0 radical (unpaired) electrons. The van der Waals surface area contributed by atoms with Crippen molar-refractivity contribution in [2.24, 2.45) is 0 Å². The summed E-state index contributed by atoms with van der Waals surface area (Å²) in [7, 11) is -4.00. The number of anilines is 2. The van der Waals surface area contributed by atoms with Crippen LogP contribution in [0, 0.1) is 23.3 Å².